The molecule has 1 fully saturated rings. The van der Waals surface area contributed by atoms with Gasteiger partial charge in [-0.3, -0.25) is 9.78 Å². The van der Waals surface area contributed by atoms with E-state index < -0.39 is 5.97 Å². The normalized spacial score (nSPS) is 13.2. The Balaban J connectivity index is 1.19. The third-order valence-electron chi connectivity index (χ3n) is 5.82. The van der Waals surface area contributed by atoms with Crippen LogP contribution in [0, 0.1) is 0 Å². The van der Waals surface area contributed by atoms with Gasteiger partial charge in [-0.15, -0.1) is 0 Å². The van der Waals surface area contributed by atoms with Gasteiger partial charge in [0.05, 0.1) is 36.4 Å². The molecule has 35 heavy (non-hydrogen) atoms. The van der Waals surface area contributed by atoms with Crippen LogP contribution in [0.3, 0.4) is 0 Å². The summed E-state index contributed by atoms with van der Waals surface area (Å²) in [5.41, 5.74) is 3.31. The number of anilines is 2. The largest absolute Gasteiger partial charge is 0.487 e. The number of aromatic carboxylic acids is 1. The summed E-state index contributed by atoms with van der Waals surface area (Å²) < 4.78 is 7.91. The molecule has 1 saturated heterocycles. The minimum atomic E-state index is -0.962. The average molecular weight is 469 g/mol. The fraction of sp³-hybridized carbons (Fsp3) is 0.148. The summed E-state index contributed by atoms with van der Waals surface area (Å²) in [6, 6.07) is 20.0. The molecule has 2 N–H and O–H groups in total. The van der Waals surface area contributed by atoms with Crippen LogP contribution in [0.2, 0.25) is 0 Å². The number of nitrogens with zero attached hydrogens (tertiary/aromatic N) is 3. The second-order valence-corrected chi connectivity index (χ2v) is 8.32. The SMILES string of the molecule is O=C(Cc1cccnc1)Nc1ccc(OC2CN(c3cccc(C(=O)O)c3-n3cccc3)C2)cc1. The van der Waals surface area contributed by atoms with E-state index in [-0.39, 0.29) is 24.0 Å². The Labute approximate surface area is 202 Å². The van der Waals surface area contributed by atoms with Crippen LogP contribution < -0.4 is 15.0 Å². The average Bonchev–Trinajstić information content (AvgIpc) is 3.37. The number of nitrogens with one attached hydrogen (secondary N) is 1. The van der Waals surface area contributed by atoms with Gasteiger partial charge in [0, 0.05) is 30.5 Å². The Kier molecular flexibility index (Phi) is 6.17. The molecule has 176 valence electrons. The highest BCUT2D eigenvalue weighted by Gasteiger charge is 2.31. The number of carboxylic acids is 1. The number of benzene rings is 2. The molecule has 2 aromatic heterocycles. The molecule has 1 amide bonds. The van der Waals surface area contributed by atoms with Gasteiger partial charge < -0.3 is 24.6 Å². The van der Waals surface area contributed by atoms with Crippen molar-refractivity contribution in [2.45, 2.75) is 12.5 Å². The van der Waals surface area contributed by atoms with Crippen molar-refractivity contribution in [3.05, 3.63) is 103 Å². The number of carboxylic acid groups (broad SMARTS) is 1. The number of carbonyl (C=O) groups is 2. The number of ether oxygens (including phenoxy) is 1. The Morgan fingerprint density at radius 2 is 1.77 bits per heavy atom. The first-order chi connectivity index (χ1) is 17.1. The lowest BCUT2D eigenvalue weighted by atomic mass is 10.1. The summed E-state index contributed by atoms with van der Waals surface area (Å²) >= 11 is 0. The van der Waals surface area contributed by atoms with Crippen molar-refractivity contribution in [3.8, 4) is 11.4 Å². The molecule has 0 bridgehead atoms. The van der Waals surface area contributed by atoms with Crippen LogP contribution in [0.1, 0.15) is 15.9 Å². The Hall–Kier alpha value is -4.59. The van der Waals surface area contributed by atoms with Gasteiger partial charge in [0.15, 0.2) is 0 Å². The molecular weight excluding hydrogens is 444 g/mol. The molecular formula is C27H24N4O4. The molecule has 0 radical (unpaired) electrons. The van der Waals surface area contributed by atoms with E-state index in [0.717, 1.165) is 11.3 Å². The van der Waals surface area contributed by atoms with E-state index >= 15 is 0 Å². The summed E-state index contributed by atoms with van der Waals surface area (Å²) in [6.45, 7) is 1.28. The quantitative estimate of drug-likeness (QED) is 0.406. The fourth-order valence-corrected chi connectivity index (χ4v) is 4.13. The minimum absolute atomic E-state index is 0.0213. The van der Waals surface area contributed by atoms with Gasteiger partial charge in [0.1, 0.15) is 11.9 Å². The first kappa shape index (κ1) is 22.2. The van der Waals surface area contributed by atoms with Crippen molar-refractivity contribution < 1.29 is 19.4 Å². The summed E-state index contributed by atoms with van der Waals surface area (Å²) in [7, 11) is 0. The Morgan fingerprint density at radius 3 is 2.46 bits per heavy atom. The van der Waals surface area contributed by atoms with Crippen LogP contribution in [-0.2, 0) is 11.2 Å². The van der Waals surface area contributed by atoms with Crippen LogP contribution in [0.5, 0.6) is 5.75 Å². The third-order valence-corrected chi connectivity index (χ3v) is 5.82. The summed E-state index contributed by atoms with van der Waals surface area (Å²) in [5, 5.41) is 12.6. The van der Waals surface area contributed by atoms with Crippen molar-refractivity contribution in [2.24, 2.45) is 0 Å². The number of hydrogen-bond donors (Lipinski definition) is 2. The molecule has 2 aromatic carbocycles. The van der Waals surface area contributed by atoms with Crippen LogP contribution in [0.4, 0.5) is 11.4 Å². The van der Waals surface area contributed by atoms with Gasteiger partial charge in [-0.1, -0.05) is 12.1 Å². The molecule has 0 unspecified atom stereocenters. The summed E-state index contributed by atoms with van der Waals surface area (Å²) in [6.07, 6.45) is 7.28. The second kappa shape index (κ2) is 9.72. The van der Waals surface area contributed by atoms with Crippen molar-refractivity contribution >= 4 is 23.3 Å². The van der Waals surface area contributed by atoms with Crippen molar-refractivity contribution in [3.63, 3.8) is 0 Å². The van der Waals surface area contributed by atoms with E-state index in [4.69, 9.17) is 4.74 Å². The van der Waals surface area contributed by atoms with E-state index in [1.165, 1.54) is 0 Å². The molecule has 1 aliphatic rings. The summed E-state index contributed by atoms with van der Waals surface area (Å²) in [4.78, 5) is 30.2. The smallest absolute Gasteiger partial charge is 0.337 e. The zero-order valence-corrected chi connectivity index (χ0v) is 18.9. The monoisotopic (exact) mass is 468 g/mol. The van der Waals surface area contributed by atoms with Gasteiger partial charge in [0.25, 0.3) is 0 Å². The standard InChI is InChI=1S/C27H24N4O4/c32-25(15-19-5-4-12-28-16-19)29-20-8-10-21(11-9-20)35-22-17-31(18-22)24-7-3-6-23(27(33)34)26(24)30-13-1-2-14-30/h1-14,16,22H,15,17-18H2,(H,29,32)(H,33,34). The van der Waals surface area contributed by atoms with Crippen LogP contribution in [0.15, 0.2) is 91.5 Å². The topological polar surface area (TPSA) is 96.7 Å². The van der Waals surface area contributed by atoms with E-state index in [1.807, 2.05) is 65.5 Å². The van der Waals surface area contributed by atoms with E-state index in [2.05, 4.69) is 15.2 Å². The first-order valence-corrected chi connectivity index (χ1v) is 11.3. The Bertz CT molecular complexity index is 1320. The van der Waals surface area contributed by atoms with Crippen molar-refractivity contribution in [2.75, 3.05) is 23.3 Å². The molecule has 0 atom stereocenters. The maximum absolute atomic E-state index is 12.2. The van der Waals surface area contributed by atoms with Crippen LogP contribution in [-0.4, -0.2) is 45.7 Å². The van der Waals surface area contributed by atoms with Gasteiger partial charge >= 0.3 is 5.97 Å². The third kappa shape index (κ3) is 5.01. The molecule has 4 aromatic rings. The molecule has 0 saturated carbocycles. The van der Waals surface area contributed by atoms with Crippen LogP contribution >= 0.6 is 0 Å². The van der Waals surface area contributed by atoms with Crippen molar-refractivity contribution in [1.82, 2.24) is 9.55 Å². The number of amides is 1. The van der Waals surface area contributed by atoms with Gasteiger partial charge in [-0.25, -0.2) is 4.79 Å². The van der Waals surface area contributed by atoms with E-state index in [0.29, 0.717) is 30.2 Å². The number of carbonyl (C=O) groups excluding carboxylic acids is 1. The summed E-state index contributed by atoms with van der Waals surface area (Å²) in [5.74, 6) is -0.357. The highest BCUT2D eigenvalue weighted by Crippen LogP contribution is 2.32. The van der Waals surface area contributed by atoms with Gasteiger partial charge in [0.2, 0.25) is 5.91 Å². The molecule has 0 spiro atoms. The highest BCUT2D eigenvalue weighted by molar-refractivity contribution is 5.95. The predicted octanol–water partition coefficient (Wildman–Crippen LogP) is 4.02. The molecule has 5 rings (SSSR count). The highest BCUT2D eigenvalue weighted by atomic mass is 16.5. The lowest BCUT2D eigenvalue weighted by molar-refractivity contribution is -0.115. The lowest BCUT2D eigenvalue weighted by Gasteiger charge is -2.41. The maximum Gasteiger partial charge on any atom is 0.337 e. The number of para-hydroxylation sites is 1. The Morgan fingerprint density at radius 1 is 1.00 bits per heavy atom. The van der Waals surface area contributed by atoms with E-state index in [9.17, 15) is 14.7 Å². The second-order valence-electron chi connectivity index (χ2n) is 8.32. The molecule has 8 heteroatoms. The molecule has 0 aliphatic carbocycles. The number of hydrogen-bond acceptors (Lipinski definition) is 5. The van der Waals surface area contributed by atoms with Gasteiger partial charge in [-0.05, 0) is 60.2 Å². The predicted molar refractivity (Wildman–Crippen MR) is 132 cm³/mol. The molecule has 3 heterocycles. The zero-order valence-electron chi connectivity index (χ0n) is 18.9. The maximum atomic E-state index is 12.2. The number of pyridine rings is 1. The first-order valence-electron chi connectivity index (χ1n) is 11.3. The van der Waals surface area contributed by atoms with Crippen LogP contribution in [0.25, 0.3) is 5.69 Å². The molecule has 8 nitrogen and oxygen atoms in total. The minimum Gasteiger partial charge on any atom is -0.487 e. The van der Waals surface area contributed by atoms with E-state index in [1.54, 1.807) is 30.6 Å². The van der Waals surface area contributed by atoms with Crippen molar-refractivity contribution in [1.29, 1.82) is 0 Å². The number of rotatable bonds is 8. The van der Waals surface area contributed by atoms with Gasteiger partial charge in [-0.2, -0.15) is 0 Å². The molecule has 1 aliphatic heterocycles. The zero-order chi connectivity index (χ0) is 24.2. The number of aromatic nitrogens is 2. The lowest BCUT2D eigenvalue weighted by Crippen LogP contribution is -2.54. The fourth-order valence-electron chi connectivity index (χ4n) is 4.13.